The first-order valence-corrected chi connectivity index (χ1v) is 11.6. The van der Waals surface area contributed by atoms with Crippen LogP contribution in [0, 0.1) is 5.82 Å². The fraction of sp³-hybridized carbons (Fsp3) is 0.400. The number of alkyl halides is 3. The maximum atomic E-state index is 14.8. The maximum Gasteiger partial charge on any atom is 0.414 e. The predicted octanol–water partition coefficient (Wildman–Crippen LogP) is 5.60. The molecule has 7 nitrogen and oxygen atoms in total. The Morgan fingerprint density at radius 2 is 1.89 bits per heavy atom. The molecule has 2 unspecified atom stereocenters. The number of benzene rings is 1. The van der Waals surface area contributed by atoms with Gasteiger partial charge in [0.25, 0.3) is 5.91 Å². The summed E-state index contributed by atoms with van der Waals surface area (Å²) < 4.78 is 59.7. The zero-order valence-corrected chi connectivity index (χ0v) is 20.2. The predicted molar refractivity (Wildman–Crippen MR) is 128 cm³/mol. The Labute approximate surface area is 206 Å². The number of ether oxygens (including phenoxy) is 1. The van der Waals surface area contributed by atoms with Crippen LogP contribution in [0.3, 0.4) is 0 Å². The molecule has 36 heavy (non-hydrogen) atoms. The number of amidine groups is 1. The Kier molecular flexibility index (Phi) is 8.89. The number of likely N-dealkylation sites (N-methyl/N-ethyl adjacent to an activating group) is 1. The molecule has 0 aliphatic carbocycles. The lowest BCUT2D eigenvalue weighted by molar-refractivity contribution is -0.0925. The van der Waals surface area contributed by atoms with E-state index in [0.29, 0.717) is 19.0 Å². The van der Waals surface area contributed by atoms with E-state index in [-0.39, 0.29) is 29.5 Å². The van der Waals surface area contributed by atoms with Crippen molar-refractivity contribution in [1.82, 2.24) is 14.9 Å². The van der Waals surface area contributed by atoms with Crippen LogP contribution in [0.15, 0.2) is 58.4 Å². The number of carbonyl (C=O) groups is 1. The van der Waals surface area contributed by atoms with Crippen molar-refractivity contribution in [1.29, 1.82) is 0 Å². The van der Waals surface area contributed by atoms with Gasteiger partial charge in [0, 0.05) is 37.8 Å². The molecule has 2 heterocycles. The Bertz CT molecular complexity index is 1150. The monoisotopic (exact) mass is 505 g/mol. The highest BCUT2D eigenvalue weighted by Gasteiger charge is 2.34. The minimum Gasteiger partial charge on any atom is -0.458 e. The summed E-state index contributed by atoms with van der Waals surface area (Å²) in [5.41, 5.74) is -0.749. The van der Waals surface area contributed by atoms with Gasteiger partial charge in [-0.05, 0) is 38.5 Å². The zero-order valence-electron chi connectivity index (χ0n) is 20.2. The molecule has 0 saturated heterocycles. The zero-order chi connectivity index (χ0) is 26.3. The number of hydrogen-bond acceptors (Lipinski definition) is 6. The van der Waals surface area contributed by atoms with Crippen molar-refractivity contribution in [3.63, 3.8) is 0 Å². The smallest absolute Gasteiger partial charge is 0.414 e. The fourth-order valence-electron chi connectivity index (χ4n) is 3.92. The van der Waals surface area contributed by atoms with E-state index in [1.54, 1.807) is 24.8 Å². The van der Waals surface area contributed by atoms with Crippen molar-refractivity contribution in [2.24, 2.45) is 9.98 Å². The Morgan fingerprint density at radius 1 is 1.17 bits per heavy atom. The number of aliphatic imine (C=N–C) groups is 2. The topological polar surface area (TPSA) is 80.0 Å². The second-order valence-corrected chi connectivity index (χ2v) is 8.08. The summed E-state index contributed by atoms with van der Waals surface area (Å²) in [6.07, 6.45) is 0.317. The molecule has 0 radical (unpaired) electrons. The van der Waals surface area contributed by atoms with E-state index in [1.807, 2.05) is 6.92 Å². The molecule has 3 rings (SSSR count). The standard InChI is InChI=1S/C25H27F4N5O2/c1-4-8-20(16(3)36-24-32-14-11-17(15-33-24)25(27,28)29)34(5-2)23(35)18-9-6-10-19(26)21(18)22-30-12-7-13-31-22/h6-7,9-10,12-16,20H,4-5,8,11H2,1-3H3. The number of rotatable bonds is 8. The fourth-order valence-corrected chi connectivity index (χ4v) is 3.92. The quantitative estimate of drug-likeness (QED) is 0.438. The molecule has 11 heteroatoms. The van der Waals surface area contributed by atoms with Crippen molar-refractivity contribution in [3.8, 4) is 11.4 Å². The van der Waals surface area contributed by atoms with Crippen LogP contribution >= 0.6 is 0 Å². The van der Waals surface area contributed by atoms with Crippen molar-refractivity contribution in [2.45, 2.75) is 58.4 Å². The van der Waals surface area contributed by atoms with Gasteiger partial charge < -0.3 is 9.64 Å². The SMILES string of the molecule is CCCC(C(C)OC1=NC=C(C(F)(F)F)CC=N1)N(CC)C(=O)c1cccc(F)c1-c1ncccn1. The summed E-state index contributed by atoms with van der Waals surface area (Å²) in [4.78, 5) is 31.1. The van der Waals surface area contributed by atoms with Gasteiger partial charge in [-0.15, -0.1) is 0 Å². The Hall–Kier alpha value is -3.63. The molecule has 1 amide bonds. The molecular weight excluding hydrogens is 478 g/mol. The molecule has 0 saturated carbocycles. The van der Waals surface area contributed by atoms with Crippen LogP contribution in [-0.2, 0) is 4.74 Å². The van der Waals surface area contributed by atoms with Gasteiger partial charge in [-0.2, -0.15) is 13.2 Å². The molecule has 1 aromatic carbocycles. The highest BCUT2D eigenvalue weighted by atomic mass is 19.4. The van der Waals surface area contributed by atoms with Crippen molar-refractivity contribution < 1.29 is 27.1 Å². The molecule has 1 aliphatic rings. The molecule has 0 bridgehead atoms. The Morgan fingerprint density at radius 3 is 2.53 bits per heavy atom. The summed E-state index contributed by atoms with van der Waals surface area (Å²) in [7, 11) is 0. The van der Waals surface area contributed by atoms with Gasteiger partial charge in [0.2, 0.25) is 0 Å². The number of aromatic nitrogens is 2. The van der Waals surface area contributed by atoms with Crippen molar-refractivity contribution in [2.75, 3.05) is 6.54 Å². The van der Waals surface area contributed by atoms with E-state index >= 15 is 0 Å². The minimum absolute atomic E-state index is 0.00655. The van der Waals surface area contributed by atoms with E-state index in [2.05, 4.69) is 20.0 Å². The average Bonchev–Trinajstić information content (AvgIpc) is 3.10. The third kappa shape index (κ3) is 6.32. The molecular formula is C25H27F4N5O2. The van der Waals surface area contributed by atoms with Crippen molar-refractivity contribution >= 4 is 18.1 Å². The lowest BCUT2D eigenvalue weighted by Crippen LogP contribution is -2.47. The summed E-state index contributed by atoms with van der Waals surface area (Å²) in [5.74, 6) is -0.992. The maximum absolute atomic E-state index is 14.8. The first-order chi connectivity index (χ1) is 17.2. The number of nitrogens with zero attached hydrogens (tertiary/aromatic N) is 5. The lowest BCUT2D eigenvalue weighted by atomic mass is 10.0. The van der Waals surface area contributed by atoms with Gasteiger partial charge >= 0.3 is 12.2 Å². The summed E-state index contributed by atoms with van der Waals surface area (Å²) >= 11 is 0. The van der Waals surface area contributed by atoms with Crippen LogP contribution in [0.1, 0.15) is 50.4 Å². The molecule has 0 spiro atoms. The number of allylic oxidation sites excluding steroid dienone is 1. The van der Waals surface area contributed by atoms with Gasteiger partial charge in [0.1, 0.15) is 11.9 Å². The highest BCUT2D eigenvalue weighted by molar-refractivity contribution is 6.00. The second-order valence-electron chi connectivity index (χ2n) is 8.08. The third-order valence-corrected chi connectivity index (χ3v) is 5.66. The van der Waals surface area contributed by atoms with Gasteiger partial charge in [0.05, 0.1) is 22.7 Å². The molecule has 2 aromatic rings. The number of carbonyl (C=O) groups excluding carboxylic acids is 1. The van der Waals surface area contributed by atoms with E-state index in [0.717, 1.165) is 6.21 Å². The highest BCUT2D eigenvalue weighted by Crippen LogP contribution is 2.29. The number of halogens is 4. The lowest BCUT2D eigenvalue weighted by Gasteiger charge is -2.35. The molecule has 1 aromatic heterocycles. The average molecular weight is 506 g/mol. The van der Waals surface area contributed by atoms with E-state index in [9.17, 15) is 22.4 Å². The minimum atomic E-state index is -4.52. The first kappa shape index (κ1) is 27.0. The van der Waals surface area contributed by atoms with Gasteiger partial charge in [-0.25, -0.2) is 24.3 Å². The molecule has 192 valence electrons. The normalized spacial score (nSPS) is 15.4. The number of amides is 1. The van der Waals surface area contributed by atoms with Crippen LogP contribution in [0.5, 0.6) is 0 Å². The van der Waals surface area contributed by atoms with E-state index in [4.69, 9.17) is 4.74 Å². The van der Waals surface area contributed by atoms with Crippen LogP contribution in [0.4, 0.5) is 17.6 Å². The molecule has 0 N–H and O–H groups in total. The van der Waals surface area contributed by atoms with Crippen molar-refractivity contribution in [3.05, 3.63) is 59.8 Å². The van der Waals surface area contributed by atoms with E-state index in [1.165, 1.54) is 30.6 Å². The summed E-state index contributed by atoms with van der Waals surface area (Å²) in [6, 6.07) is 5.06. The second kappa shape index (κ2) is 11.9. The van der Waals surface area contributed by atoms with Crippen LogP contribution in [0.2, 0.25) is 0 Å². The van der Waals surface area contributed by atoms with E-state index < -0.39 is 42.0 Å². The van der Waals surface area contributed by atoms with Gasteiger partial charge in [0.15, 0.2) is 5.82 Å². The molecule has 2 atom stereocenters. The molecule has 1 aliphatic heterocycles. The number of hydrogen-bond donors (Lipinski definition) is 0. The third-order valence-electron chi connectivity index (χ3n) is 5.66. The molecule has 0 fully saturated rings. The van der Waals surface area contributed by atoms with Crippen LogP contribution in [0.25, 0.3) is 11.4 Å². The van der Waals surface area contributed by atoms with Gasteiger partial charge in [-0.3, -0.25) is 4.79 Å². The largest absolute Gasteiger partial charge is 0.458 e. The Balaban J connectivity index is 1.91. The first-order valence-electron chi connectivity index (χ1n) is 11.6. The van der Waals surface area contributed by atoms with Gasteiger partial charge in [-0.1, -0.05) is 19.4 Å². The summed E-state index contributed by atoms with van der Waals surface area (Å²) in [5, 5.41) is 0. The summed E-state index contributed by atoms with van der Waals surface area (Å²) in [6.45, 7) is 5.69. The van der Waals surface area contributed by atoms with Crippen LogP contribution in [-0.4, -0.2) is 57.9 Å². The van der Waals surface area contributed by atoms with Crippen LogP contribution < -0.4 is 0 Å².